The van der Waals surface area contributed by atoms with Crippen molar-refractivity contribution < 1.29 is 9.50 Å². The van der Waals surface area contributed by atoms with Crippen LogP contribution in [0.25, 0.3) is 0 Å². The van der Waals surface area contributed by atoms with Crippen molar-refractivity contribution >= 4 is 0 Å². The van der Waals surface area contributed by atoms with Gasteiger partial charge in [0, 0.05) is 6.54 Å². The molecule has 3 N–H and O–H groups in total. The molecule has 62 valence electrons. The van der Waals surface area contributed by atoms with E-state index in [-0.39, 0.29) is 12.1 Å². The molecular formula is C8H7FN2O. The molecule has 1 aromatic rings. The van der Waals surface area contributed by atoms with Crippen molar-refractivity contribution in [1.82, 2.24) is 0 Å². The van der Waals surface area contributed by atoms with Crippen LogP contribution in [0.5, 0.6) is 5.75 Å². The van der Waals surface area contributed by atoms with Crippen LogP contribution in [0.15, 0.2) is 12.1 Å². The van der Waals surface area contributed by atoms with Crippen LogP contribution >= 0.6 is 0 Å². The second-order valence-corrected chi connectivity index (χ2v) is 2.29. The molecule has 0 heterocycles. The summed E-state index contributed by atoms with van der Waals surface area (Å²) in [6.07, 6.45) is 0. The smallest absolute Gasteiger partial charge is 0.169 e. The monoisotopic (exact) mass is 166 g/mol. The van der Waals surface area contributed by atoms with Crippen molar-refractivity contribution in [2.75, 3.05) is 0 Å². The summed E-state index contributed by atoms with van der Waals surface area (Å²) < 4.78 is 12.8. The Kier molecular flexibility index (Phi) is 2.26. The number of phenols is 1. The Bertz CT molecular complexity index is 344. The lowest BCUT2D eigenvalue weighted by Crippen LogP contribution is -1.98. The summed E-state index contributed by atoms with van der Waals surface area (Å²) in [6.45, 7) is 0.145. The van der Waals surface area contributed by atoms with E-state index >= 15 is 0 Å². The second-order valence-electron chi connectivity index (χ2n) is 2.29. The van der Waals surface area contributed by atoms with Crippen LogP contribution in [-0.2, 0) is 6.54 Å². The Morgan fingerprint density at radius 1 is 1.58 bits per heavy atom. The average Bonchev–Trinajstić information content (AvgIpc) is 2.09. The summed E-state index contributed by atoms with van der Waals surface area (Å²) in [6, 6.07) is 4.13. The molecule has 1 rings (SSSR count). The number of halogens is 1. The molecule has 4 heteroatoms. The number of nitriles is 1. The van der Waals surface area contributed by atoms with E-state index in [0.717, 1.165) is 6.07 Å². The van der Waals surface area contributed by atoms with Gasteiger partial charge in [-0.1, -0.05) is 0 Å². The van der Waals surface area contributed by atoms with Gasteiger partial charge in [0.15, 0.2) is 11.6 Å². The van der Waals surface area contributed by atoms with Gasteiger partial charge in [0.25, 0.3) is 0 Å². The van der Waals surface area contributed by atoms with E-state index in [9.17, 15) is 4.39 Å². The quantitative estimate of drug-likeness (QED) is 0.650. The van der Waals surface area contributed by atoms with Crippen LogP contribution in [-0.4, -0.2) is 5.11 Å². The third kappa shape index (κ3) is 1.36. The summed E-state index contributed by atoms with van der Waals surface area (Å²) in [4.78, 5) is 0. The summed E-state index contributed by atoms with van der Waals surface area (Å²) in [5.74, 6) is -1.43. The van der Waals surface area contributed by atoms with E-state index in [1.165, 1.54) is 6.07 Å². The van der Waals surface area contributed by atoms with E-state index in [4.69, 9.17) is 16.1 Å². The Balaban J connectivity index is 3.31. The van der Waals surface area contributed by atoms with Gasteiger partial charge in [-0.15, -0.1) is 0 Å². The van der Waals surface area contributed by atoms with Gasteiger partial charge in [0.05, 0.1) is 5.56 Å². The van der Waals surface area contributed by atoms with Gasteiger partial charge in [-0.05, 0) is 17.7 Å². The molecule has 0 saturated heterocycles. The largest absolute Gasteiger partial charge is 0.504 e. The molecule has 3 nitrogen and oxygen atoms in total. The third-order valence-corrected chi connectivity index (χ3v) is 1.48. The zero-order chi connectivity index (χ0) is 9.14. The molecule has 0 spiro atoms. The molecule has 0 atom stereocenters. The highest BCUT2D eigenvalue weighted by molar-refractivity contribution is 5.45. The Labute approximate surface area is 68.9 Å². The van der Waals surface area contributed by atoms with Crippen LogP contribution in [0.2, 0.25) is 0 Å². The minimum absolute atomic E-state index is 0.0875. The fraction of sp³-hybridized carbons (Fsp3) is 0.125. The van der Waals surface area contributed by atoms with Crippen molar-refractivity contribution in [2.24, 2.45) is 5.73 Å². The number of hydrogen-bond acceptors (Lipinski definition) is 3. The van der Waals surface area contributed by atoms with Gasteiger partial charge in [0.2, 0.25) is 0 Å². The lowest BCUT2D eigenvalue weighted by atomic mass is 10.1. The first-order valence-electron chi connectivity index (χ1n) is 3.30. The number of phenolic OH excluding ortho intramolecular Hbond substituents is 1. The molecule has 0 unspecified atom stereocenters. The molecule has 0 bridgehead atoms. The summed E-state index contributed by atoms with van der Waals surface area (Å²) in [5.41, 5.74) is 5.63. The molecule has 0 aliphatic rings. The van der Waals surface area contributed by atoms with Crippen LogP contribution in [0.1, 0.15) is 11.1 Å². The number of nitrogens with zero attached hydrogens (tertiary/aromatic N) is 1. The van der Waals surface area contributed by atoms with Crippen molar-refractivity contribution in [2.45, 2.75) is 6.54 Å². The van der Waals surface area contributed by atoms with Crippen molar-refractivity contribution in [1.29, 1.82) is 5.26 Å². The van der Waals surface area contributed by atoms with Crippen molar-refractivity contribution in [3.05, 3.63) is 29.1 Å². The van der Waals surface area contributed by atoms with Gasteiger partial charge < -0.3 is 10.8 Å². The molecular weight excluding hydrogens is 159 g/mol. The minimum Gasteiger partial charge on any atom is -0.504 e. The first kappa shape index (κ1) is 8.50. The third-order valence-electron chi connectivity index (χ3n) is 1.48. The van der Waals surface area contributed by atoms with E-state index in [0.29, 0.717) is 5.56 Å². The standard InChI is InChI=1S/C8H7FN2O/c9-7-2-5(3-10)1-6(4-11)8(7)12/h1-2,12H,3,10H2. The van der Waals surface area contributed by atoms with Gasteiger partial charge in [-0.3, -0.25) is 0 Å². The fourth-order valence-corrected chi connectivity index (χ4v) is 0.858. The second kappa shape index (κ2) is 3.20. The van der Waals surface area contributed by atoms with E-state index in [1.54, 1.807) is 6.07 Å². The molecule has 12 heavy (non-hydrogen) atoms. The Morgan fingerprint density at radius 3 is 2.75 bits per heavy atom. The van der Waals surface area contributed by atoms with E-state index < -0.39 is 11.6 Å². The fourth-order valence-electron chi connectivity index (χ4n) is 0.858. The predicted octanol–water partition coefficient (Wildman–Crippen LogP) is 0.862. The maximum absolute atomic E-state index is 12.8. The van der Waals surface area contributed by atoms with Gasteiger partial charge in [-0.25, -0.2) is 4.39 Å². The normalized spacial score (nSPS) is 9.42. The Morgan fingerprint density at radius 2 is 2.25 bits per heavy atom. The highest BCUT2D eigenvalue weighted by Gasteiger charge is 2.07. The van der Waals surface area contributed by atoms with Crippen LogP contribution in [0.3, 0.4) is 0 Å². The predicted molar refractivity (Wildman–Crippen MR) is 40.7 cm³/mol. The Hall–Kier alpha value is -1.60. The molecule has 0 saturated carbocycles. The molecule has 0 aliphatic carbocycles. The number of benzene rings is 1. The van der Waals surface area contributed by atoms with Gasteiger partial charge in [-0.2, -0.15) is 5.26 Å². The number of nitrogens with two attached hydrogens (primary N) is 1. The first-order valence-corrected chi connectivity index (χ1v) is 3.30. The summed E-state index contributed by atoms with van der Waals surface area (Å²) in [7, 11) is 0. The highest BCUT2D eigenvalue weighted by atomic mass is 19.1. The van der Waals surface area contributed by atoms with Crippen LogP contribution in [0.4, 0.5) is 4.39 Å². The SMILES string of the molecule is N#Cc1cc(CN)cc(F)c1O. The highest BCUT2D eigenvalue weighted by Crippen LogP contribution is 2.21. The molecule has 1 aromatic carbocycles. The van der Waals surface area contributed by atoms with Crippen molar-refractivity contribution in [3.8, 4) is 11.8 Å². The molecule has 0 amide bonds. The molecule has 0 aliphatic heterocycles. The molecule has 0 aromatic heterocycles. The van der Waals surface area contributed by atoms with Crippen LogP contribution < -0.4 is 5.73 Å². The lowest BCUT2D eigenvalue weighted by Gasteiger charge is -2.00. The summed E-state index contributed by atoms with van der Waals surface area (Å²) in [5, 5.41) is 17.4. The van der Waals surface area contributed by atoms with E-state index in [2.05, 4.69) is 0 Å². The molecule has 0 fully saturated rings. The number of aromatic hydroxyl groups is 1. The lowest BCUT2D eigenvalue weighted by molar-refractivity contribution is 0.430. The minimum atomic E-state index is -0.811. The maximum Gasteiger partial charge on any atom is 0.169 e. The zero-order valence-corrected chi connectivity index (χ0v) is 6.21. The van der Waals surface area contributed by atoms with Crippen molar-refractivity contribution in [3.63, 3.8) is 0 Å². The maximum atomic E-state index is 12.8. The zero-order valence-electron chi connectivity index (χ0n) is 6.21. The number of rotatable bonds is 1. The van der Waals surface area contributed by atoms with Gasteiger partial charge in [0.1, 0.15) is 6.07 Å². The number of hydrogen-bond donors (Lipinski definition) is 2. The van der Waals surface area contributed by atoms with E-state index in [1.807, 2.05) is 0 Å². The first-order chi connectivity index (χ1) is 5.69. The summed E-state index contributed by atoms with van der Waals surface area (Å²) >= 11 is 0. The van der Waals surface area contributed by atoms with Crippen LogP contribution in [0, 0.1) is 17.1 Å². The molecule has 0 radical (unpaired) electrons. The van der Waals surface area contributed by atoms with Gasteiger partial charge >= 0.3 is 0 Å². The average molecular weight is 166 g/mol. The topological polar surface area (TPSA) is 70.0 Å².